The molecule has 1 aliphatic rings. The molecule has 0 amide bonds. The zero-order valence-corrected chi connectivity index (χ0v) is 16.5. The zero-order chi connectivity index (χ0) is 15.6. The van der Waals surface area contributed by atoms with E-state index in [-0.39, 0.29) is 24.0 Å². The van der Waals surface area contributed by atoms with Crippen LogP contribution >= 0.6 is 24.0 Å². The summed E-state index contributed by atoms with van der Waals surface area (Å²) in [6.45, 7) is 6.49. The first-order valence-electron chi connectivity index (χ1n) is 8.35. The molecule has 0 aromatic carbocycles. The molecule has 5 nitrogen and oxygen atoms in total. The lowest BCUT2D eigenvalue weighted by molar-refractivity contribution is 0.323. The van der Waals surface area contributed by atoms with Crippen LogP contribution < -0.4 is 15.4 Å². The van der Waals surface area contributed by atoms with Crippen molar-refractivity contribution in [1.29, 1.82) is 0 Å². The minimum atomic E-state index is 0. The SMILES string of the molecule is CCNC(=NCCOc1cccnc1)NC1CCC(C)CC1.I. The smallest absolute Gasteiger partial charge is 0.191 e. The Bertz CT molecular complexity index is 447. The van der Waals surface area contributed by atoms with E-state index in [1.54, 1.807) is 12.4 Å². The molecule has 1 saturated carbocycles. The van der Waals surface area contributed by atoms with Gasteiger partial charge in [-0.3, -0.25) is 4.98 Å². The predicted octanol–water partition coefficient (Wildman–Crippen LogP) is 3.21. The molecule has 1 aliphatic carbocycles. The third kappa shape index (κ3) is 7.85. The van der Waals surface area contributed by atoms with E-state index >= 15 is 0 Å². The van der Waals surface area contributed by atoms with Crippen molar-refractivity contribution < 1.29 is 4.74 Å². The molecule has 1 aromatic rings. The summed E-state index contributed by atoms with van der Waals surface area (Å²) in [5.41, 5.74) is 0. The van der Waals surface area contributed by atoms with Gasteiger partial charge < -0.3 is 15.4 Å². The molecule has 0 radical (unpaired) electrons. The molecule has 0 atom stereocenters. The topological polar surface area (TPSA) is 58.5 Å². The van der Waals surface area contributed by atoms with E-state index in [1.807, 2.05) is 12.1 Å². The first-order valence-corrected chi connectivity index (χ1v) is 8.35. The number of hydrogen-bond donors (Lipinski definition) is 2. The highest BCUT2D eigenvalue weighted by molar-refractivity contribution is 14.0. The summed E-state index contributed by atoms with van der Waals surface area (Å²) < 4.78 is 5.61. The Balaban J connectivity index is 0.00000264. The van der Waals surface area contributed by atoms with Gasteiger partial charge in [-0.25, -0.2) is 4.99 Å². The number of rotatable bonds is 6. The van der Waals surface area contributed by atoms with E-state index in [0.717, 1.165) is 24.2 Å². The highest BCUT2D eigenvalue weighted by atomic mass is 127. The molecule has 2 rings (SSSR count). The number of nitrogens with one attached hydrogen (secondary N) is 2. The molecule has 0 saturated heterocycles. The summed E-state index contributed by atoms with van der Waals surface area (Å²) in [7, 11) is 0. The lowest BCUT2D eigenvalue weighted by Crippen LogP contribution is -2.44. The van der Waals surface area contributed by atoms with Gasteiger partial charge in [-0.1, -0.05) is 6.92 Å². The summed E-state index contributed by atoms with van der Waals surface area (Å²) in [5, 5.41) is 6.86. The normalized spacial score (nSPS) is 21.2. The number of aliphatic imine (C=N–C) groups is 1. The standard InChI is InChI=1S/C17H28N4O.HI/c1-3-19-17(21-15-8-6-14(2)7-9-15)20-11-12-22-16-5-4-10-18-13-16;/h4-5,10,13-15H,3,6-9,11-12H2,1-2H3,(H2,19,20,21);1H. The summed E-state index contributed by atoms with van der Waals surface area (Å²) in [6.07, 6.45) is 8.54. The van der Waals surface area contributed by atoms with Gasteiger partial charge in [0.15, 0.2) is 5.96 Å². The van der Waals surface area contributed by atoms with E-state index in [2.05, 4.69) is 34.5 Å². The first kappa shape index (κ1) is 20.0. The van der Waals surface area contributed by atoms with E-state index in [9.17, 15) is 0 Å². The summed E-state index contributed by atoms with van der Waals surface area (Å²) in [4.78, 5) is 8.62. The van der Waals surface area contributed by atoms with Crippen molar-refractivity contribution in [3.63, 3.8) is 0 Å². The maximum atomic E-state index is 5.61. The Morgan fingerprint density at radius 2 is 2.13 bits per heavy atom. The Morgan fingerprint density at radius 3 is 2.78 bits per heavy atom. The molecule has 2 N–H and O–H groups in total. The molecular formula is C17H29IN4O. The molecule has 1 fully saturated rings. The van der Waals surface area contributed by atoms with Gasteiger partial charge in [-0.2, -0.15) is 0 Å². The third-order valence-electron chi connectivity index (χ3n) is 3.97. The van der Waals surface area contributed by atoms with Gasteiger partial charge in [0, 0.05) is 18.8 Å². The molecule has 6 heteroatoms. The molecule has 1 heterocycles. The number of aromatic nitrogens is 1. The molecule has 0 aliphatic heterocycles. The molecular weight excluding hydrogens is 403 g/mol. The predicted molar refractivity (Wildman–Crippen MR) is 106 cm³/mol. The van der Waals surface area contributed by atoms with Gasteiger partial charge in [-0.15, -0.1) is 24.0 Å². The van der Waals surface area contributed by atoms with Crippen LogP contribution in [0, 0.1) is 5.92 Å². The average Bonchev–Trinajstić information content (AvgIpc) is 2.55. The number of ether oxygens (including phenoxy) is 1. The number of hydrogen-bond acceptors (Lipinski definition) is 3. The Labute approximate surface area is 156 Å². The number of pyridine rings is 1. The maximum Gasteiger partial charge on any atom is 0.191 e. The summed E-state index contributed by atoms with van der Waals surface area (Å²) >= 11 is 0. The fraction of sp³-hybridized carbons (Fsp3) is 0.647. The van der Waals surface area contributed by atoms with Crippen LogP contribution in [0.25, 0.3) is 0 Å². The van der Waals surface area contributed by atoms with Crippen LogP contribution in [0.15, 0.2) is 29.5 Å². The van der Waals surface area contributed by atoms with Crippen LogP contribution in [-0.4, -0.2) is 36.7 Å². The van der Waals surface area contributed by atoms with Crippen LogP contribution in [-0.2, 0) is 0 Å². The fourth-order valence-electron chi connectivity index (χ4n) is 2.67. The second-order valence-electron chi connectivity index (χ2n) is 5.90. The van der Waals surface area contributed by atoms with E-state index in [4.69, 9.17) is 4.74 Å². The summed E-state index contributed by atoms with van der Waals surface area (Å²) in [5.74, 6) is 2.55. The van der Waals surface area contributed by atoms with Gasteiger partial charge in [0.1, 0.15) is 12.4 Å². The second-order valence-corrected chi connectivity index (χ2v) is 5.90. The van der Waals surface area contributed by atoms with Crippen molar-refractivity contribution in [3.05, 3.63) is 24.5 Å². The van der Waals surface area contributed by atoms with Gasteiger partial charge >= 0.3 is 0 Å². The largest absolute Gasteiger partial charge is 0.490 e. The van der Waals surface area contributed by atoms with Crippen LogP contribution in [0.2, 0.25) is 0 Å². The monoisotopic (exact) mass is 432 g/mol. The van der Waals surface area contributed by atoms with Crippen molar-refractivity contribution in [2.75, 3.05) is 19.7 Å². The van der Waals surface area contributed by atoms with Crippen molar-refractivity contribution in [1.82, 2.24) is 15.6 Å². The van der Waals surface area contributed by atoms with Gasteiger partial charge in [0.25, 0.3) is 0 Å². The molecule has 0 unspecified atom stereocenters. The minimum Gasteiger partial charge on any atom is -0.490 e. The molecule has 0 spiro atoms. The van der Waals surface area contributed by atoms with Crippen molar-refractivity contribution >= 4 is 29.9 Å². The third-order valence-corrected chi connectivity index (χ3v) is 3.97. The van der Waals surface area contributed by atoms with Gasteiger partial charge in [0.2, 0.25) is 0 Å². The van der Waals surface area contributed by atoms with Crippen LogP contribution in [0.1, 0.15) is 39.5 Å². The van der Waals surface area contributed by atoms with Crippen LogP contribution in [0.3, 0.4) is 0 Å². The van der Waals surface area contributed by atoms with Gasteiger partial charge in [-0.05, 0) is 50.7 Å². The van der Waals surface area contributed by atoms with Gasteiger partial charge in [0.05, 0.1) is 12.7 Å². The minimum absolute atomic E-state index is 0. The van der Waals surface area contributed by atoms with Crippen molar-refractivity contribution in [3.8, 4) is 5.75 Å². The maximum absolute atomic E-state index is 5.61. The molecule has 23 heavy (non-hydrogen) atoms. The molecule has 130 valence electrons. The van der Waals surface area contributed by atoms with Crippen LogP contribution in [0.4, 0.5) is 0 Å². The number of halogens is 1. The second kappa shape index (κ2) is 11.5. The lowest BCUT2D eigenvalue weighted by atomic mass is 9.87. The highest BCUT2D eigenvalue weighted by Gasteiger charge is 2.18. The van der Waals surface area contributed by atoms with E-state index in [0.29, 0.717) is 19.2 Å². The molecule has 0 bridgehead atoms. The van der Waals surface area contributed by atoms with Crippen molar-refractivity contribution in [2.45, 2.75) is 45.6 Å². The number of guanidine groups is 1. The Kier molecular flexibility index (Phi) is 9.98. The zero-order valence-electron chi connectivity index (χ0n) is 14.1. The van der Waals surface area contributed by atoms with Crippen molar-refractivity contribution in [2.24, 2.45) is 10.9 Å². The lowest BCUT2D eigenvalue weighted by Gasteiger charge is -2.28. The first-order chi connectivity index (χ1) is 10.8. The Morgan fingerprint density at radius 1 is 1.35 bits per heavy atom. The number of nitrogens with zero attached hydrogens (tertiary/aromatic N) is 2. The van der Waals surface area contributed by atoms with E-state index < -0.39 is 0 Å². The quantitative estimate of drug-likeness (QED) is 0.314. The highest BCUT2D eigenvalue weighted by Crippen LogP contribution is 2.23. The van der Waals surface area contributed by atoms with Crippen LogP contribution in [0.5, 0.6) is 5.75 Å². The average molecular weight is 432 g/mol. The molecule has 1 aromatic heterocycles. The fourth-order valence-corrected chi connectivity index (χ4v) is 2.67. The van der Waals surface area contributed by atoms with E-state index in [1.165, 1.54) is 25.7 Å². The summed E-state index contributed by atoms with van der Waals surface area (Å²) in [6, 6.07) is 4.32. The Hall–Kier alpha value is -1.05.